The maximum absolute atomic E-state index is 5.63. The minimum absolute atomic E-state index is 0.699. The SMILES string of the molecule is C/C(=C\Cl)CNC1CC12CCCCC2. The lowest BCUT2D eigenvalue weighted by molar-refractivity contribution is 0.315. The first-order valence-electron chi connectivity index (χ1n) is 5.76. The van der Waals surface area contributed by atoms with Crippen LogP contribution >= 0.6 is 11.6 Å². The molecule has 0 aromatic rings. The molecule has 2 aliphatic rings. The van der Waals surface area contributed by atoms with Gasteiger partial charge in [0, 0.05) is 18.1 Å². The van der Waals surface area contributed by atoms with E-state index in [-0.39, 0.29) is 0 Å². The molecular weight excluding hydrogens is 194 g/mol. The molecule has 2 saturated carbocycles. The highest BCUT2D eigenvalue weighted by Crippen LogP contribution is 2.56. The Kier molecular flexibility index (Phi) is 3.18. The molecule has 0 saturated heterocycles. The molecular formula is C12H20ClN. The molecule has 0 aromatic carbocycles. The van der Waals surface area contributed by atoms with E-state index in [1.54, 1.807) is 5.54 Å². The van der Waals surface area contributed by atoms with Crippen molar-refractivity contribution in [3.8, 4) is 0 Å². The second kappa shape index (κ2) is 4.24. The molecule has 0 heterocycles. The monoisotopic (exact) mass is 213 g/mol. The second-order valence-electron chi connectivity index (χ2n) is 5.02. The molecule has 1 unspecified atom stereocenters. The third-order valence-electron chi connectivity index (χ3n) is 3.85. The molecule has 2 aliphatic carbocycles. The van der Waals surface area contributed by atoms with Crippen molar-refractivity contribution in [1.29, 1.82) is 0 Å². The molecule has 0 bridgehead atoms. The fraction of sp³-hybridized carbons (Fsp3) is 0.833. The van der Waals surface area contributed by atoms with Crippen LogP contribution in [0.15, 0.2) is 11.1 Å². The van der Waals surface area contributed by atoms with Gasteiger partial charge in [0.25, 0.3) is 0 Å². The number of rotatable bonds is 3. The first kappa shape index (κ1) is 10.5. The van der Waals surface area contributed by atoms with Crippen LogP contribution in [0.3, 0.4) is 0 Å². The third-order valence-corrected chi connectivity index (χ3v) is 4.23. The summed E-state index contributed by atoms with van der Waals surface area (Å²) >= 11 is 5.63. The zero-order valence-electron chi connectivity index (χ0n) is 8.98. The summed E-state index contributed by atoms with van der Waals surface area (Å²) in [6.45, 7) is 3.05. The van der Waals surface area contributed by atoms with E-state index in [0.717, 1.165) is 12.6 Å². The van der Waals surface area contributed by atoms with Crippen LogP contribution in [0.5, 0.6) is 0 Å². The van der Waals surface area contributed by atoms with Gasteiger partial charge >= 0.3 is 0 Å². The van der Waals surface area contributed by atoms with Gasteiger partial charge in [0.15, 0.2) is 0 Å². The minimum atomic E-state index is 0.699. The van der Waals surface area contributed by atoms with Crippen LogP contribution in [-0.4, -0.2) is 12.6 Å². The molecule has 1 atom stereocenters. The molecule has 1 nitrogen and oxygen atoms in total. The molecule has 0 amide bonds. The predicted octanol–water partition coefficient (Wildman–Crippen LogP) is 3.44. The average molecular weight is 214 g/mol. The van der Waals surface area contributed by atoms with Gasteiger partial charge in [-0.25, -0.2) is 0 Å². The van der Waals surface area contributed by atoms with Crippen LogP contribution in [0, 0.1) is 5.41 Å². The van der Waals surface area contributed by atoms with Crippen molar-refractivity contribution < 1.29 is 0 Å². The molecule has 2 heteroatoms. The Morgan fingerprint density at radius 3 is 2.79 bits per heavy atom. The summed E-state index contributed by atoms with van der Waals surface area (Å²) in [5.41, 5.74) is 3.62. The Morgan fingerprint density at radius 2 is 2.14 bits per heavy atom. The first-order chi connectivity index (χ1) is 6.77. The fourth-order valence-electron chi connectivity index (χ4n) is 2.77. The van der Waals surface area contributed by atoms with E-state index in [9.17, 15) is 0 Å². The van der Waals surface area contributed by atoms with Gasteiger partial charge in [-0.3, -0.25) is 0 Å². The van der Waals surface area contributed by atoms with Crippen LogP contribution in [0.2, 0.25) is 0 Å². The summed E-state index contributed by atoms with van der Waals surface area (Å²) in [6, 6.07) is 0.786. The Labute approximate surface area is 91.9 Å². The van der Waals surface area contributed by atoms with E-state index in [1.807, 2.05) is 0 Å². The molecule has 14 heavy (non-hydrogen) atoms. The van der Waals surface area contributed by atoms with Crippen molar-refractivity contribution in [3.05, 3.63) is 11.1 Å². The number of hydrogen-bond acceptors (Lipinski definition) is 1. The average Bonchev–Trinajstić information content (AvgIpc) is 2.89. The van der Waals surface area contributed by atoms with Gasteiger partial charge < -0.3 is 5.32 Å². The molecule has 2 rings (SSSR count). The van der Waals surface area contributed by atoms with Crippen molar-refractivity contribution in [3.63, 3.8) is 0 Å². The topological polar surface area (TPSA) is 12.0 Å². The second-order valence-corrected chi connectivity index (χ2v) is 5.23. The van der Waals surface area contributed by atoms with Crippen LogP contribution in [0.25, 0.3) is 0 Å². The lowest BCUT2D eigenvalue weighted by atomic mass is 9.86. The van der Waals surface area contributed by atoms with E-state index in [2.05, 4.69) is 12.2 Å². The van der Waals surface area contributed by atoms with Crippen LogP contribution in [0.4, 0.5) is 0 Å². The minimum Gasteiger partial charge on any atom is -0.310 e. The summed E-state index contributed by atoms with van der Waals surface area (Å²) in [5, 5.41) is 3.62. The molecule has 2 fully saturated rings. The Morgan fingerprint density at radius 1 is 1.43 bits per heavy atom. The van der Waals surface area contributed by atoms with Crippen molar-refractivity contribution >= 4 is 11.6 Å². The lowest BCUT2D eigenvalue weighted by Gasteiger charge is -2.22. The molecule has 0 aliphatic heterocycles. The van der Waals surface area contributed by atoms with Crippen molar-refractivity contribution in [2.24, 2.45) is 5.41 Å². The molecule has 0 radical (unpaired) electrons. The van der Waals surface area contributed by atoms with Gasteiger partial charge in [-0.15, -0.1) is 0 Å². The summed E-state index contributed by atoms with van der Waals surface area (Å²) in [4.78, 5) is 0. The van der Waals surface area contributed by atoms with Crippen LogP contribution < -0.4 is 5.32 Å². The highest BCUT2D eigenvalue weighted by atomic mass is 35.5. The van der Waals surface area contributed by atoms with Gasteiger partial charge in [0.05, 0.1) is 0 Å². The summed E-state index contributed by atoms with van der Waals surface area (Å²) in [5.74, 6) is 0. The first-order valence-corrected chi connectivity index (χ1v) is 6.20. The summed E-state index contributed by atoms with van der Waals surface area (Å²) in [7, 11) is 0. The zero-order chi connectivity index (χ0) is 10.0. The molecule has 1 spiro atoms. The Balaban J connectivity index is 1.75. The van der Waals surface area contributed by atoms with Gasteiger partial charge in [-0.05, 0) is 37.2 Å². The van der Waals surface area contributed by atoms with Crippen molar-refractivity contribution in [1.82, 2.24) is 5.32 Å². The van der Waals surface area contributed by atoms with Crippen molar-refractivity contribution in [2.75, 3.05) is 6.54 Å². The normalized spacial score (nSPS) is 30.7. The van der Waals surface area contributed by atoms with E-state index in [4.69, 9.17) is 11.6 Å². The highest BCUT2D eigenvalue weighted by molar-refractivity contribution is 6.25. The number of nitrogens with one attached hydrogen (secondary N) is 1. The Bertz CT molecular complexity index is 228. The maximum Gasteiger partial charge on any atom is 0.0176 e. The quantitative estimate of drug-likeness (QED) is 0.758. The largest absolute Gasteiger partial charge is 0.310 e. The Hall–Kier alpha value is -0.0100. The van der Waals surface area contributed by atoms with Crippen LogP contribution in [-0.2, 0) is 0 Å². The maximum atomic E-state index is 5.63. The van der Waals surface area contributed by atoms with Gasteiger partial charge in [0.1, 0.15) is 0 Å². The fourth-order valence-corrected chi connectivity index (χ4v) is 2.84. The third kappa shape index (κ3) is 2.14. The molecule has 80 valence electrons. The van der Waals surface area contributed by atoms with E-state index in [0.29, 0.717) is 5.41 Å². The van der Waals surface area contributed by atoms with Crippen LogP contribution in [0.1, 0.15) is 45.4 Å². The van der Waals surface area contributed by atoms with E-state index in [1.165, 1.54) is 44.1 Å². The van der Waals surface area contributed by atoms with Gasteiger partial charge in [-0.2, -0.15) is 0 Å². The number of hydrogen-bond donors (Lipinski definition) is 1. The molecule has 0 aromatic heterocycles. The summed E-state index contributed by atoms with van der Waals surface area (Å²) < 4.78 is 0. The van der Waals surface area contributed by atoms with Gasteiger partial charge in [0.2, 0.25) is 0 Å². The summed E-state index contributed by atoms with van der Waals surface area (Å²) in [6.07, 6.45) is 8.66. The molecule has 1 N–H and O–H groups in total. The zero-order valence-corrected chi connectivity index (χ0v) is 9.74. The van der Waals surface area contributed by atoms with Crippen molar-refractivity contribution in [2.45, 2.75) is 51.5 Å². The van der Waals surface area contributed by atoms with E-state index >= 15 is 0 Å². The van der Waals surface area contributed by atoms with E-state index < -0.39 is 0 Å². The predicted molar refractivity (Wildman–Crippen MR) is 61.5 cm³/mol. The standard InChI is InChI=1S/C12H20ClN/c1-10(8-13)9-14-11-7-12(11)5-3-2-4-6-12/h8,11,14H,2-7,9H2,1H3/b10-8+. The number of halogens is 1. The van der Waals surface area contributed by atoms with Gasteiger partial charge in [-0.1, -0.05) is 30.9 Å². The smallest absolute Gasteiger partial charge is 0.0176 e. The highest BCUT2D eigenvalue weighted by Gasteiger charge is 2.53. The lowest BCUT2D eigenvalue weighted by Crippen LogP contribution is -2.25.